The molecule has 0 atom stereocenters. The van der Waals surface area contributed by atoms with Crippen molar-refractivity contribution in [3.05, 3.63) is 118 Å². The van der Waals surface area contributed by atoms with Crippen molar-refractivity contribution in [2.75, 3.05) is 7.05 Å². The van der Waals surface area contributed by atoms with Crippen LogP contribution in [0.1, 0.15) is 23.6 Å². The van der Waals surface area contributed by atoms with Crippen molar-refractivity contribution >= 4 is 22.4 Å². The first-order valence-electron chi connectivity index (χ1n) is 11.7. The van der Waals surface area contributed by atoms with E-state index in [-0.39, 0.29) is 11.4 Å². The fourth-order valence-corrected chi connectivity index (χ4v) is 3.97. The van der Waals surface area contributed by atoms with Crippen LogP contribution in [0.4, 0.5) is 4.39 Å². The number of aliphatic imine (C=N–C) groups is 1. The summed E-state index contributed by atoms with van der Waals surface area (Å²) in [6, 6.07) is 18.1. The van der Waals surface area contributed by atoms with Crippen LogP contribution in [-0.4, -0.2) is 22.5 Å². The molecule has 2 heterocycles. The van der Waals surface area contributed by atoms with E-state index >= 15 is 0 Å². The lowest BCUT2D eigenvalue weighted by Crippen LogP contribution is -2.16. The second-order valence-electron chi connectivity index (χ2n) is 8.45. The number of pyridine rings is 2. The average molecular weight is 482 g/mol. The van der Waals surface area contributed by atoms with Gasteiger partial charge in [0, 0.05) is 48.4 Å². The Morgan fingerprint density at radius 2 is 1.92 bits per heavy atom. The highest BCUT2D eigenvalue weighted by Gasteiger charge is 2.13. The van der Waals surface area contributed by atoms with E-state index in [9.17, 15) is 9.18 Å². The lowest BCUT2D eigenvalue weighted by Gasteiger charge is -2.14. The molecule has 0 spiro atoms. The number of halogens is 1. The van der Waals surface area contributed by atoms with Gasteiger partial charge in [0.25, 0.3) is 0 Å². The van der Waals surface area contributed by atoms with E-state index in [1.807, 2.05) is 68.5 Å². The van der Waals surface area contributed by atoms with Crippen LogP contribution in [0, 0.1) is 12.7 Å². The Morgan fingerprint density at radius 1 is 1.14 bits per heavy atom. The van der Waals surface area contributed by atoms with Crippen LogP contribution in [0.25, 0.3) is 27.7 Å². The molecule has 0 unspecified atom stereocenters. The SMILES string of the molecule is C/C=C\C=C(/C(=NC)OCc1ccc(-c2nc3c(F)cccc3cc2C)cc1)c1ccc(=O)n(C)c1. The number of benzene rings is 2. The molecule has 36 heavy (non-hydrogen) atoms. The highest BCUT2D eigenvalue weighted by molar-refractivity contribution is 6.19. The fourth-order valence-electron chi connectivity index (χ4n) is 3.97. The van der Waals surface area contributed by atoms with Crippen molar-refractivity contribution in [2.45, 2.75) is 20.5 Å². The highest BCUT2D eigenvalue weighted by Crippen LogP contribution is 2.27. The smallest absolute Gasteiger partial charge is 0.250 e. The maximum atomic E-state index is 14.3. The van der Waals surface area contributed by atoms with E-state index in [4.69, 9.17) is 4.74 Å². The molecule has 0 N–H and O–H groups in total. The number of allylic oxidation sites excluding steroid dienone is 3. The quantitative estimate of drug-likeness (QED) is 0.186. The van der Waals surface area contributed by atoms with Crippen molar-refractivity contribution in [1.29, 1.82) is 0 Å². The third-order valence-corrected chi connectivity index (χ3v) is 5.88. The topological polar surface area (TPSA) is 56.5 Å². The molecule has 2 aromatic carbocycles. The summed E-state index contributed by atoms with van der Waals surface area (Å²) in [5.41, 5.74) is 5.49. The molecule has 5 nitrogen and oxygen atoms in total. The molecule has 4 aromatic rings. The number of aromatic nitrogens is 2. The number of hydrogen-bond acceptors (Lipinski definition) is 4. The summed E-state index contributed by atoms with van der Waals surface area (Å²) in [4.78, 5) is 20.8. The molecule has 0 radical (unpaired) electrons. The molecule has 0 saturated heterocycles. The number of aryl methyl sites for hydroxylation is 2. The first-order valence-corrected chi connectivity index (χ1v) is 11.7. The van der Waals surface area contributed by atoms with Crippen LogP contribution in [0.15, 0.2) is 94.9 Å². The number of para-hydroxylation sites is 1. The van der Waals surface area contributed by atoms with Crippen molar-refractivity contribution < 1.29 is 9.13 Å². The molecule has 182 valence electrons. The molecule has 0 amide bonds. The Hall–Kier alpha value is -4.32. The van der Waals surface area contributed by atoms with Crippen LogP contribution in [0.5, 0.6) is 0 Å². The third-order valence-electron chi connectivity index (χ3n) is 5.88. The van der Waals surface area contributed by atoms with Crippen molar-refractivity contribution in [3.8, 4) is 11.3 Å². The van der Waals surface area contributed by atoms with Crippen LogP contribution < -0.4 is 5.56 Å². The summed E-state index contributed by atoms with van der Waals surface area (Å²) >= 11 is 0. The minimum Gasteiger partial charge on any atom is -0.473 e. The van der Waals surface area contributed by atoms with Gasteiger partial charge >= 0.3 is 0 Å². The molecule has 6 heteroatoms. The standard InChI is InChI=1S/C30H28FN3O2/c1-5-6-9-25(24-15-16-27(35)34(4)18-24)30(32-3)36-19-21-11-13-22(14-12-21)28-20(2)17-23-8-7-10-26(31)29(23)33-28/h5-18H,19H2,1-4H3/b6-5-,25-9-,32-30?. The summed E-state index contributed by atoms with van der Waals surface area (Å²) in [5.74, 6) is 0.142. The maximum absolute atomic E-state index is 14.3. The maximum Gasteiger partial charge on any atom is 0.250 e. The summed E-state index contributed by atoms with van der Waals surface area (Å²) in [7, 11) is 3.39. The van der Waals surface area contributed by atoms with E-state index in [0.29, 0.717) is 18.0 Å². The van der Waals surface area contributed by atoms with Gasteiger partial charge in [0.15, 0.2) is 0 Å². The second kappa shape index (κ2) is 11.0. The van der Waals surface area contributed by atoms with E-state index in [1.54, 1.807) is 32.4 Å². The summed E-state index contributed by atoms with van der Waals surface area (Å²) < 4.78 is 21.9. The minimum atomic E-state index is -0.328. The van der Waals surface area contributed by atoms with Crippen LogP contribution >= 0.6 is 0 Å². The predicted octanol–water partition coefficient (Wildman–Crippen LogP) is 6.25. The van der Waals surface area contributed by atoms with Crippen LogP contribution in [0.3, 0.4) is 0 Å². The Bertz CT molecular complexity index is 1550. The van der Waals surface area contributed by atoms with E-state index in [0.717, 1.165) is 38.9 Å². The molecule has 2 aromatic heterocycles. The molecule has 0 aliphatic rings. The number of hydrogen-bond donors (Lipinski definition) is 0. The summed E-state index contributed by atoms with van der Waals surface area (Å²) in [6.07, 6.45) is 7.51. The van der Waals surface area contributed by atoms with Gasteiger partial charge in [0.05, 0.1) is 5.69 Å². The van der Waals surface area contributed by atoms with E-state index in [1.165, 1.54) is 16.7 Å². The number of rotatable bonds is 6. The summed E-state index contributed by atoms with van der Waals surface area (Å²) in [6.45, 7) is 4.22. The monoisotopic (exact) mass is 481 g/mol. The first kappa shape index (κ1) is 24.8. The van der Waals surface area contributed by atoms with Gasteiger partial charge in [0.1, 0.15) is 17.9 Å². The normalized spacial score (nSPS) is 12.5. The molecule has 0 bridgehead atoms. The van der Waals surface area contributed by atoms with Gasteiger partial charge in [-0.15, -0.1) is 0 Å². The first-order chi connectivity index (χ1) is 17.4. The number of ether oxygens (including phenoxy) is 1. The fraction of sp³-hybridized carbons (Fsp3) is 0.167. The molecule has 0 aliphatic carbocycles. The number of nitrogens with zero attached hydrogens (tertiary/aromatic N) is 3. The Balaban J connectivity index is 1.56. The van der Waals surface area contributed by atoms with Gasteiger partial charge in [-0.2, -0.15) is 0 Å². The lowest BCUT2D eigenvalue weighted by molar-refractivity contribution is 0.296. The zero-order valence-corrected chi connectivity index (χ0v) is 20.8. The molecule has 0 saturated carbocycles. The van der Waals surface area contributed by atoms with Crippen LogP contribution in [-0.2, 0) is 18.4 Å². The molecular formula is C30H28FN3O2. The number of fused-ring (bicyclic) bond motifs is 1. The Labute approximate surface area is 209 Å². The Morgan fingerprint density at radius 3 is 2.61 bits per heavy atom. The van der Waals surface area contributed by atoms with Gasteiger partial charge in [-0.1, -0.05) is 48.6 Å². The third kappa shape index (κ3) is 5.33. The molecular weight excluding hydrogens is 453 g/mol. The van der Waals surface area contributed by atoms with Crippen molar-refractivity contribution in [1.82, 2.24) is 9.55 Å². The summed E-state index contributed by atoms with van der Waals surface area (Å²) in [5, 5.41) is 0.785. The van der Waals surface area contributed by atoms with E-state index < -0.39 is 0 Å². The largest absolute Gasteiger partial charge is 0.473 e. The van der Waals surface area contributed by atoms with Gasteiger partial charge in [-0.3, -0.25) is 9.79 Å². The highest BCUT2D eigenvalue weighted by atomic mass is 19.1. The van der Waals surface area contributed by atoms with E-state index in [2.05, 4.69) is 9.98 Å². The lowest BCUT2D eigenvalue weighted by atomic mass is 10.0. The van der Waals surface area contributed by atoms with Gasteiger partial charge < -0.3 is 9.30 Å². The average Bonchev–Trinajstić information content (AvgIpc) is 2.88. The molecule has 0 fully saturated rings. The van der Waals surface area contributed by atoms with Gasteiger partial charge in [0.2, 0.25) is 11.5 Å². The van der Waals surface area contributed by atoms with Crippen LogP contribution in [0.2, 0.25) is 0 Å². The zero-order chi connectivity index (χ0) is 25.7. The Kier molecular flexibility index (Phi) is 7.54. The minimum absolute atomic E-state index is 0.0843. The molecule has 0 aliphatic heterocycles. The molecule has 4 rings (SSSR count). The van der Waals surface area contributed by atoms with Gasteiger partial charge in [-0.05, 0) is 49.2 Å². The van der Waals surface area contributed by atoms with Gasteiger partial charge in [-0.25, -0.2) is 9.37 Å². The second-order valence-corrected chi connectivity index (χ2v) is 8.45. The zero-order valence-electron chi connectivity index (χ0n) is 20.8. The van der Waals surface area contributed by atoms with Crippen molar-refractivity contribution in [2.24, 2.45) is 12.0 Å². The van der Waals surface area contributed by atoms with Crippen molar-refractivity contribution in [3.63, 3.8) is 0 Å². The predicted molar refractivity (Wildman–Crippen MR) is 144 cm³/mol.